The number of nitrogens with one attached hydrogen (secondary N) is 5. The van der Waals surface area contributed by atoms with Crippen molar-refractivity contribution in [2.24, 2.45) is 56.7 Å². The van der Waals surface area contributed by atoms with E-state index in [0.717, 1.165) is 90.0 Å². The number of carbonyl (C=O) groups is 5. The van der Waals surface area contributed by atoms with E-state index in [9.17, 15) is 96.8 Å². The van der Waals surface area contributed by atoms with Crippen LogP contribution in [0.5, 0.6) is 11.5 Å². The molecule has 5 amide bonds. The molecule has 0 spiro atoms. The molecule has 0 bridgehead atoms. The number of alkyl halides is 6. The Hall–Kier alpha value is -6.93. The predicted molar refractivity (Wildman–Crippen MR) is 576 cm³/mol. The van der Waals surface area contributed by atoms with Crippen LogP contribution in [-0.4, -0.2) is 220 Å². The molecule has 5 fully saturated rings. The van der Waals surface area contributed by atoms with E-state index in [0.29, 0.717) is 169 Å². The maximum absolute atomic E-state index is 13.9. The van der Waals surface area contributed by atoms with Gasteiger partial charge in [0.1, 0.15) is 11.5 Å². The molecule has 5 heterocycles. The van der Waals surface area contributed by atoms with E-state index in [1.807, 2.05) is 94.4 Å². The van der Waals surface area contributed by atoms with Crippen LogP contribution >= 0.6 is 55.1 Å². The van der Waals surface area contributed by atoms with Crippen molar-refractivity contribution in [3.8, 4) is 11.5 Å². The van der Waals surface area contributed by atoms with Gasteiger partial charge in [0.2, 0.25) is 50.1 Å². The van der Waals surface area contributed by atoms with E-state index >= 15 is 0 Å². The number of sulfonamides is 5. The topological polar surface area (TPSA) is 342 Å². The first-order valence-electron chi connectivity index (χ1n) is 50.5. The molecule has 5 N–H and O–H groups in total. The highest BCUT2D eigenvalue weighted by Gasteiger charge is 2.47. The number of nitrogens with zero attached hydrogens (tertiary/aromatic N) is 5. The molecule has 5 saturated heterocycles. The van der Waals surface area contributed by atoms with Gasteiger partial charge in [0.15, 0.2) is 5.82 Å². The summed E-state index contributed by atoms with van der Waals surface area (Å²) in [5, 5.41) is 14.2. The van der Waals surface area contributed by atoms with Gasteiger partial charge in [-0.15, -0.1) is 0 Å². The van der Waals surface area contributed by atoms with Crippen molar-refractivity contribution < 1.29 is 102 Å². The zero-order chi connectivity index (χ0) is 110. The second kappa shape index (κ2) is 55.2. The average molecular weight is 2330 g/mol. The number of benzene rings is 6. The summed E-state index contributed by atoms with van der Waals surface area (Å²) in [6, 6.07) is 31.7. The summed E-state index contributed by atoms with van der Waals surface area (Å²) >= 11 is 18.5. The Balaban J connectivity index is 0.000000249. The number of para-hydroxylation sites is 1. The molecule has 147 heavy (non-hydrogen) atoms. The molecular formula is C105H151Br2Cl2F7N10O16S5. The first-order valence-corrected chi connectivity index (χ1v) is 60.9. The van der Waals surface area contributed by atoms with E-state index in [2.05, 4.69) is 114 Å². The molecule has 0 saturated carbocycles. The lowest BCUT2D eigenvalue weighted by molar-refractivity contribution is -0.143. The molecule has 0 aromatic heterocycles. The zero-order valence-electron chi connectivity index (χ0n) is 87.6. The molecule has 6 aromatic rings. The molecule has 6 aromatic carbocycles. The average Bonchev–Trinajstić information content (AvgIpc) is 0.802. The number of amides is 5. The molecule has 26 nitrogen and oxygen atoms in total. The highest BCUT2D eigenvalue weighted by atomic mass is 79.9. The van der Waals surface area contributed by atoms with Crippen molar-refractivity contribution in [3.63, 3.8) is 0 Å². The van der Waals surface area contributed by atoms with Crippen LogP contribution in [0.2, 0.25) is 10.0 Å². The lowest BCUT2D eigenvalue weighted by atomic mass is 9.73. The van der Waals surface area contributed by atoms with Crippen molar-refractivity contribution in [2.45, 2.75) is 226 Å². The quantitative estimate of drug-likeness (QED) is 0.0179. The van der Waals surface area contributed by atoms with Crippen molar-refractivity contribution in [2.75, 3.05) is 127 Å². The first-order chi connectivity index (χ1) is 68.4. The largest absolute Gasteiger partial charge is 0.457 e. The molecule has 0 atom stereocenters. The van der Waals surface area contributed by atoms with Gasteiger partial charge in [-0.3, -0.25) is 24.0 Å². The van der Waals surface area contributed by atoms with Gasteiger partial charge in [0, 0.05) is 113 Å². The Kier molecular flexibility index (Phi) is 47.7. The smallest absolute Gasteiger partial charge is 0.417 e. The molecular weight excluding hydrogens is 2180 g/mol. The molecule has 0 aliphatic carbocycles. The standard InChI is InChI=1S/C25H34N2O4S.C21H28F6N2O3S.2C20H31BrN2O3S.C19H27Cl2FN2O3S/c1-4-32(29,30)27-16-14-25(15-17-27,18-20(2)3)19-26-24(28)21-10-12-23(13-11-21)31-22-8-6-5-7-9-22;1-4-33(31,32)29-9-7-19(8-10-29,12-14(2)3)13-28-18(30)16-6-5-15(20(22,23)24)11-17(16)21(25,26)27;1-5-27(25,26)23-10-8-20(9-11-23,13-15(2)3)14-22-19(24)17-12-16(4)6-7-18(17)21;1-5-27(25,26)23-11-9-20(10-12-23,13-15(2)3)14-22-19(24)18-16(4)7-6-8-17(18)21;1-4-28(26,27)24-9-7-19(8-10-24,11-13(2)3)12-23-18(25)14-5-6-15(20)17(22)16(14)21/h5-13,20H,4,14-19H2,1-3H3,(H,26,28);5-6,11,14H,4,7-10,12-13H2,1-3H3,(H,28,30);6-7,12,15H,5,8-11,13-14H2,1-4H3,(H,22,24);6-8,15H,5,9-14H2,1-4H3,(H,22,24);5-6,13H,4,7-12H2,1-3H3,(H,23,25). The molecule has 5 aliphatic rings. The van der Waals surface area contributed by atoms with Crippen LogP contribution in [0.3, 0.4) is 0 Å². The zero-order valence-corrected chi connectivity index (χ0v) is 96.4. The van der Waals surface area contributed by atoms with Gasteiger partial charge in [-0.05, 0) is 324 Å². The molecule has 0 unspecified atom stereocenters. The van der Waals surface area contributed by atoms with Crippen LogP contribution in [0.4, 0.5) is 30.7 Å². The Bertz CT molecular complexity index is 5960. The van der Waals surface area contributed by atoms with Gasteiger partial charge in [-0.1, -0.05) is 134 Å². The van der Waals surface area contributed by atoms with Crippen LogP contribution in [0.25, 0.3) is 0 Å². The lowest BCUT2D eigenvalue weighted by Gasteiger charge is -2.42. The third-order valence-corrected chi connectivity index (χ3v) is 39.5. The second-order valence-electron chi connectivity index (χ2n) is 41.7. The summed E-state index contributed by atoms with van der Waals surface area (Å²) in [5.41, 5.74) is -1.07. The maximum atomic E-state index is 13.9. The van der Waals surface area contributed by atoms with Gasteiger partial charge >= 0.3 is 12.4 Å². The summed E-state index contributed by atoms with van der Waals surface area (Å²) in [7, 11) is -16.1. The number of carbonyl (C=O) groups excluding carboxylic acids is 5. The normalized spacial score (nSPS) is 17.6. The van der Waals surface area contributed by atoms with E-state index in [1.165, 1.54) is 27.7 Å². The van der Waals surface area contributed by atoms with Crippen molar-refractivity contribution in [1.82, 2.24) is 48.1 Å². The van der Waals surface area contributed by atoms with E-state index in [-0.39, 0.29) is 115 Å². The molecule has 42 heteroatoms. The summed E-state index contributed by atoms with van der Waals surface area (Å²) in [5.74, 6) is 1.19. The number of aryl methyl sites for hydroxylation is 2. The Morgan fingerprint density at radius 3 is 1.00 bits per heavy atom. The highest BCUT2D eigenvalue weighted by Crippen LogP contribution is 2.46. The summed E-state index contributed by atoms with van der Waals surface area (Å²) in [4.78, 5) is 63.5. The Morgan fingerprint density at radius 1 is 0.367 bits per heavy atom. The van der Waals surface area contributed by atoms with Gasteiger partial charge in [-0.25, -0.2) is 68.0 Å². The van der Waals surface area contributed by atoms with Crippen molar-refractivity contribution in [1.29, 1.82) is 0 Å². The Morgan fingerprint density at radius 2 is 0.680 bits per heavy atom. The van der Waals surface area contributed by atoms with Crippen LogP contribution < -0.4 is 31.3 Å². The minimum absolute atomic E-state index is 0.0116. The number of hydrogen-bond acceptors (Lipinski definition) is 16. The Labute approximate surface area is 895 Å². The third-order valence-electron chi connectivity index (χ3n) is 28.1. The van der Waals surface area contributed by atoms with Crippen LogP contribution in [0.1, 0.15) is 274 Å². The number of ether oxygens (including phenoxy) is 1. The SMILES string of the molecule is CCS(=O)(=O)N1CCC(CNC(=O)c2c(C)cccc2Br)(CC(C)C)CC1.CCS(=O)(=O)N1CCC(CNC(=O)c2cc(C)ccc2Br)(CC(C)C)CC1.CCS(=O)(=O)N1CCC(CNC(=O)c2ccc(C(F)(F)F)cc2C(F)(F)F)(CC(C)C)CC1.CCS(=O)(=O)N1CCC(CNC(=O)c2ccc(Cl)c(F)c2Cl)(CC(C)C)CC1.CCS(=O)(=O)N1CCC(CNC(=O)c2ccc(Oc3ccccc3)cc2)(CC(C)C)CC1. The molecule has 5 aliphatic heterocycles. The highest BCUT2D eigenvalue weighted by molar-refractivity contribution is 9.10. The number of piperidine rings is 5. The summed E-state index contributed by atoms with van der Waals surface area (Å²) < 4.78 is 229. The number of halogens is 11. The first kappa shape index (κ1) is 127. The monoisotopic (exact) mass is 2330 g/mol. The fourth-order valence-corrected chi connectivity index (χ4v) is 27.5. The second-order valence-corrected chi connectivity index (χ2v) is 55.5. The number of rotatable bonds is 37. The molecule has 824 valence electrons. The van der Waals surface area contributed by atoms with Gasteiger partial charge in [0.05, 0.1) is 72.2 Å². The summed E-state index contributed by atoms with van der Waals surface area (Å²) in [6.45, 7) is 39.8. The van der Waals surface area contributed by atoms with E-state index in [1.54, 1.807) is 64.9 Å². The van der Waals surface area contributed by atoms with Crippen LogP contribution in [0.15, 0.2) is 130 Å². The third kappa shape index (κ3) is 37.5. The van der Waals surface area contributed by atoms with Gasteiger partial charge in [-0.2, -0.15) is 26.3 Å². The minimum Gasteiger partial charge on any atom is -0.457 e. The summed E-state index contributed by atoms with van der Waals surface area (Å²) in [6.07, 6.45) is 0.993. The van der Waals surface area contributed by atoms with Crippen molar-refractivity contribution in [3.05, 3.63) is 196 Å². The predicted octanol–water partition coefficient (Wildman–Crippen LogP) is 21.9. The van der Waals surface area contributed by atoms with E-state index < -0.39 is 102 Å². The van der Waals surface area contributed by atoms with Crippen LogP contribution in [-0.2, 0) is 62.5 Å². The van der Waals surface area contributed by atoms with E-state index in [4.69, 9.17) is 27.9 Å². The lowest BCUT2D eigenvalue weighted by Crippen LogP contribution is -2.48. The van der Waals surface area contributed by atoms with Crippen molar-refractivity contribution >= 4 is 135 Å². The number of hydrogen-bond donors (Lipinski definition) is 5. The molecule has 0 radical (unpaired) electrons. The molecule has 11 rings (SSSR count). The fraction of sp³-hybridized carbons (Fsp3) is 0.610. The fourth-order valence-electron chi connectivity index (χ4n) is 20.4. The minimum atomic E-state index is -5.15. The van der Waals surface area contributed by atoms with Crippen LogP contribution in [0, 0.1) is 76.3 Å². The maximum Gasteiger partial charge on any atom is 0.417 e. The van der Waals surface area contributed by atoms with Gasteiger partial charge in [0.25, 0.3) is 29.5 Å². The van der Waals surface area contributed by atoms with Gasteiger partial charge < -0.3 is 31.3 Å².